The molecule has 0 spiro atoms. The SMILES string of the molecule is CCCCCCCCCC/C=C\CCCCCCCCCC(=O)NC(CO)C(O)C(O)CCCCCCCCCC. The van der Waals surface area contributed by atoms with E-state index in [1.54, 1.807) is 0 Å². The van der Waals surface area contributed by atoms with Crippen LogP contribution in [0.2, 0.25) is 0 Å². The smallest absolute Gasteiger partial charge is 0.220 e. The van der Waals surface area contributed by atoms with E-state index in [4.69, 9.17) is 0 Å². The van der Waals surface area contributed by atoms with E-state index < -0.39 is 18.2 Å². The molecule has 0 aliphatic heterocycles. The summed E-state index contributed by atoms with van der Waals surface area (Å²) in [5.41, 5.74) is 0. The minimum Gasteiger partial charge on any atom is -0.394 e. The Morgan fingerprint density at radius 3 is 1.41 bits per heavy atom. The molecule has 3 unspecified atom stereocenters. The predicted molar refractivity (Wildman–Crippen MR) is 176 cm³/mol. The first-order valence-corrected chi connectivity index (χ1v) is 18.0. The van der Waals surface area contributed by atoms with Gasteiger partial charge in [0, 0.05) is 6.42 Å². The van der Waals surface area contributed by atoms with Gasteiger partial charge in [-0.1, -0.05) is 154 Å². The van der Waals surface area contributed by atoms with Gasteiger partial charge >= 0.3 is 0 Å². The molecule has 0 bridgehead atoms. The molecule has 0 aromatic heterocycles. The molecule has 0 radical (unpaired) electrons. The number of carbonyl (C=O) groups is 1. The molecular formula is C36H71NO4. The highest BCUT2D eigenvalue weighted by atomic mass is 16.3. The van der Waals surface area contributed by atoms with Gasteiger partial charge < -0.3 is 20.6 Å². The molecule has 41 heavy (non-hydrogen) atoms. The van der Waals surface area contributed by atoms with E-state index in [0.29, 0.717) is 12.8 Å². The van der Waals surface area contributed by atoms with Crippen LogP contribution in [-0.4, -0.2) is 46.1 Å². The molecule has 1 amide bonds. The van der Waals surface area contributed by atoms with E-state index in [0.717, 1.165) is 38.5 Å². The monoisotopic (exact) mass is 582 g/mol. The first-order valence-electron chi connectivity index (χ1n) is 18.0. The average Bonchev–Trinajstić information content (AvgIpc) is 2.97. The molecule has 3 atom stereocenters. The molecule has 0 heterocycles. The lowest BCUT2D eigenvalue weighted by molar-refractivity contribution is -0.124. The van der Waals surface area contributed by atoms with Crippen LogP contribution in [0.15, 0.2) is 12.2 Å². The van der Waals surface area contributed by atoms with E-state index in [1.165, 1.54) is 122 Å². The quantitative estimate of drug-likeness (QED) is 0.0471. The summed E-state index contributed by atoms with van der Waals surface area (Å²) in [6, 6.07) is -0.805. The minimum atomic E-state index is -1.13. The Hall–Kier alpha value is -0.910. The van der Waals surface area contributed by atoms with E-state index in [2.05, 4.69) is 31.3 Å². The van der Waals surface area contributed by atoms with Gasteiger partial charge in [0.2, 0.25) is 5.91 Å². The highest BCUT2D eigenvalue weighted by Crippen LogP contribution is 2.15. The molecule has 244 valence electrons. The zero-order chi connectivity index (χ0) is 30.2. The number of carbonyl (C=O) groups excluding carboxylic acids is 1. The summed E-state index contributed by atoms with van der Waals surface area (Å²) in [5.74, 6) is -0.152. The van der Waals surface area contributed by atoms with Crippen LogP contribution in [-0.2, 0) is 4.79 Å². The Bertz CT molecular complexity index is 568. The van der Waals surface area contributed by atoms with Crippen LogP contribution < -0.4 is 5.32 Å². The molecule has 4 N–H and O–H groups in total. The standard InChI is InChI=1S/C36H71NO4/c1-3-5-7-9-11-13-14-15-16-17-18-19-20-21-22-23-25-27-29-31-35(40)37-33(32-38)36(41)34(39)30-28-26-24-12-10-8-6-4-2/h17-18,33-34,36,38-39,41H,3-16,19-32H2,1-2H3,(H,37,40)/b18-17-. The van der Waals surface area contributed by atoms with E-state index in [1.807, 2.05) is 0 Å². The molecule has 5 heteroatoms. The Balaban J connectivity index is 3.64. The normalized spacial score (nSPS) is 14.0. The van der Waals surface area contributed by atoms with Crippen molar-refractivity contribution in [3.05, 3.63) is 12.2 Å². The van der Waals surface area contributed by atoms with Crippen molar-refractivity contribution in [3.63, 3.8) is 0 Å². The first kappa shape index (κ1) is 40.1. The maximum Gasteiger partial charge on any atom is 0.220 e. The second kappa shape index (κ2) is 32.0. The van der Waals surface area contributed by atoms with Crippen molar-refractivity contribution in [1.29, 1.82) is 0 Å². The summed E-state index contributed by atoms with van der Waals surface area (Å²) in [5, 5.41) is 33.1. The number of allylic oxidation sites excluding steroid dienone is 2. The molecule has 0 aromatic rings. The number of aliphatic hydroxyl groups excluding tert-OH is 3. The molecule has 0 rings (SSSR count). The number of amides is 1. The molecule has 0 fully saturated rings. The third-order valence-corrected chi connectivity index (χ3v) is 8.37. The largest absolute Gasteiger partial charge is 0.394 e. The first-order chi connectivity index (χ1) is 20.1. The Kier molecular flexibility index (Phi) is 31.3. The van der Waals surface area contributed by atoms with Crippen LogP contribution in [0.3, 0.4) is 0 Å². The van der Waals surface area contributed by atoms with Crippen molar-refractivity contribution in [2.45, 2.75) is 205 Å². The van der Waals surface area contributed by atoms with Crippen LogP contribution in [0.1, 0.15) is 187 Å². The number of rotatable bonds is 32. The van der Waals surface area contributed by atoms with Crippen LogP contribution in [0, 0.1) is 0 Å². The Labute approximate surface area is 255 Å². The van der Waals surface area contributed by atoms with Gasteiger partial charge in [0.05, 0.1) is 18.8 Å². The van der Waals surface area contributed by atoms with E-state index in [9.17, 15) is 20.1 Å². The van der Waals surface area contributed by atoms with Gasteiger partial charge in [-0.3, -0.25) is 4.79 Å². The second-order valence-corrected chi connectivity index (χ2v) is 12.4. The maximum atomic E-state index is 12.3. The number of aliphatic hydroxyl groups is 3. The van der Waals surface area contributed by atoms with Gasteiger partial charge in [-0.15, -0.1) is 0 Å². The summed E-state index contributed by atoms with van der Waals surface area (Å²) in [7, 11) is 0. The summed E-state index contributed by atoms with van der Waals surface area (Å²) < 4.78 is 0. The van der Waals surface area contributed by atoms with Gasteiger partial charge in [0.25, 0.3) is 0 Å². The third kappa shape index (κ3) is 27.7. The highest BCUT2D eigenvalue weighted by Gasteiger charge is 2.26. The lowest BCUT2D eigenvalue weighted by atomic mass is 9.99. The highest BCUT2D eigenvalue weighted by molar-refractivity contribution is 5.76. The predicted octanol–water partition coefficient (Wildman–Crippen LogP) is 9.31. The van der Waals surface area contributed by atoms with Gasteiger partial charge in [-0.2, -0.15) is 0 Å². The van der Waals surface area contributed by atoms with Gasteiger partial charge in [0.1, 0.15) is 6.10 Å². The van der Waals surface area contributed by atoms with Crippen molar-refractivity contribution in [2.75, 3.05) is 6.61 Å². The van der Waals surface area contributed by atoms with E-state index in [-0.39, 0.29) is 12.5 Å². The third-order valence-electron chi connectivity index (χ3n) is 8.37. The van der Waals surface area contributed by atoms with Crippen molar-refractivity contribution < 1.29 is 20.1 Å². The van der Waals surface area contributed by atoms with Gasteiger partial charge in [-0.25, -0.2) is 0 Å². The summed E-state index contributed by atoms with van der Waals surface area (Å²) in [4.78, 5) is 12.3. The Morgan fingerprint density at radius 1 is 0.585 bits per heavy atom. The maximum absolute atomic E-state index is 12.3. The van der Waals surface area contributed by atoms with Crippen molar-refractivity contribution in [3.8, 4) is 0 Å². The number of unbranched alkanes of at least 4 members (excludes halogenated alkanes) is 22. The van der Waals surface area contributed by atoms with Crippen molar-refractivity contribution >= 4 is 5.91 Å². The summed E-state index contributed by atoms with van der Waals surface area (Å²) in [6.07, 6.45) is 34.5. The number of hydrogen-bond acceptors (Lipinski definition) is 4. The summed E-state index contributed by atoms with van der Waals surface area (Å²) in [6.45, 7) is 4.13. The molecule has 0 aliphatic rings. The van der Waals surface area contributed by atoms with Crippen LogP contribution in [0.5, 0.6) is 0 Å². The van der Waals surface area contributed by atoms with Gasteiger partial charge in [-0.05, 0) is 38.5 Å². The summed E-state index contributed by atoms with van der Waals surface area (Å²) >= 11 is 0. The zero-order valence-corrected chi connectivity index (χ0v) is 27.4. The lowest BCUT2D eigenvalue weighted by Gasteiger charge is -2.26. The van der Waals surface area contributed by atoms with Gasteiger partial charge in [0.15, 0.2) is 0 Å². The lowest BCUT2D eigenvalue weighted by Crippen LogP contribution is -2.50. The number of hydrogen-bond donors (Lipinski definition) is 4. The fourth-order valence-corrected chi connectivity index (χ4v) is 5.51. The van der Waals surface area contributed by atoms with Crippen molar-refractivity contribution in [1.82, 2.24) is 5.32 Å². The van der Waals surface area contributed by atoms with E-state index >= 15 is 0 Å². The minimum absolute atomic E-state index is 0.152. The molecule has 0 aromatic carbocycles. The molecule has 0 saturated carbocycles. The molecule has 0 saturated heterocycles. The van der Waals surface area contributed by atoms with Crippen LogP contribution in [0.4, 0.5) is 0 Å². The van der Waals surface area contributed by atoms with Crippen LogP contribution in [0.25, 0.3) is 0 Å². The zero-order valence-electron chi connectivity index (χ0n) is 27.4. The Morgan fingerprint density at radius 2 is 0.976 bits per heavy atom. The fraction of sp³-hybridized carbons (Fsp3) is 0.917. The average molecular weight is 582 g/mol. The van der Waals surface area contributed by atoms with Crippen LogP contribution >= 0.6 is 0 Å². The van der Waals surface area contributed by atoms with Crippen molar-refractivity contribution in [2.24, 2.45) is 0 Å². The molecular weight excluding hydrogens is 510 g/mol. The molecule has 5 nitrogen and oxygen atoms in total. The fourth-order valence-electron chi connectivity index (χ4n) is 5.51. The topological polar surface area (TPSA) is 89.8 Å². The molecule has 0 aliphatic carbocycles. The number of nitrogens with one attached hydrogen (secondary N) is 1. The second-order valence-electron chi connectivity index (χ2n) is 12.4.